The number of carbonyl (C=O) groups is 1. The number of hydrogen-bond acceptors (Lipinski definition) is 5. The standard InChI is InChI=1S/C27H27N3O4/c1-33-25-14-8-7-13-24(25)29-16-19(15-26(29)32)27-28-22-11-5-6-12-23(22)30(27)17-20(31)18-34-21-9-3-2-4-10-21/h2-14,19-20,31H,15-18H2,1H3/t19-,20-/m1/s1. The molecule has 2 heterocycles. The molecule has 4 aromatic rings. The molecule has 1 aromatic heterocycles. The molecule has 0 spiro atoms. The van der Waals surface area contributed by atoms with Crippen LogP contribution in [-0.4, -0.2) is 46.9 Å². The van der Waals surface area contributed by atoms with E-state index >= 15 is 0 Å². The van der Waals surface area contributed by atoms with Gasteiger partial charge in [-0.1, -0.05) is 42.5 Å². The van der Waals surface area contributed by atoms with Crippen LogP contribution in [0.3, 0.4) is 0 Å². The van der Waals surface area contributed by atoms with Gasteiger partial charge < -0.3 is 24.0 Å². The van der Waals surface area contributed by atoms with E-state index in [1.165, 1.54) is 0 Å². The SMILES string of the molecule is COc1ccccc1N1C[C@H](c2nc3ccccc3n2C[C@@H](O)COc2ccccc2)CC1=O. The van der Waals surface area contributed by atoms with Crippen molar-refractivity contribution in [3.8, 4) is 11.5 Å². The molecule has 0 aliphatic carbocycles. The molecule has 0 unspecified atom stereocenters. The monoisotopic (exact) mass is 457 g/mol. The minimum absolute atomic E-state index is 0.0288. The molecule has 3 aromatic carbocycles. The summed E-state index contributed by atoms with van der Waals surface area (Å²) in [6.07, 6.45) is -0.392. The smallest absolute Gasteiger partial charge is 0.227 e. The van der Waals surface area contributed by atoms with Gasteiger partial charge in [-0.25, -0.2) is 4.98 Å². The van der Waals surface area contributed by atoms with Crippen LogP contribution in [0.25, 0.3) is 11.0 Å². The number of aromatic nitrogens is 2. The number of rotatable bonds is 8. The molecule has 1 fully saturated rings. The van der Waals surface area contributed by atoms with E-state index in [1.807, 2.05) is 83.4 Å². The van der Waals surface area contributed by atoms with E-state index in [0.717, 1.165) is 22.5 Å². The number of nitrogens with zero attached hydrogens (tertiary/aromatic N) is 3. The Morgan fingerprint density at radius 2 is 1.76 bits per heavy atom. The fourth-order valence-corrected chi connectivity index (χ4v) is 4.54. The number of imidazole rings is 1. The van der Waals surface area contributed by atoms with Gasteiger partial charge in [-0.05, 0) is 36.4 Å². The van der Waals surface area contributed by atoms with Crippen LogP contribution in [0.2, 0.25) is 0 Å². The zero-order valence-electron chi connectivity index (χ0n) is 19.0. The molecule has 5 rings (SSSR count). The van der Waals surface area contributed by atoms with Crippen molar-refractivity contribution in [2.45, 2.75) is 25.0 Å². The first-order valence-electron chi connectivity index (χ1n) is 11.4. The lowest BCUT2D eigenvalue weighted by molar-refractivity contribution is -0.117. The summed E-state index contributed by atoms with van der Waals surface area (Å²) in [6, 6.07) is 24.8. The topological polar surface area (TPSA) is 76.8 Å². The zero-order valence-corrected chi connectivity index (χ0v) is 19.0. The second-order valence-corrected chi connectivity index (χ2v) is 8.42. The van der Waals surface area contributed by atoms with Gasteiger partial charge in [0.25, 0.3) is 0 Å². The maximum absolute atomic E-state index is 13.0. The molecule has 0 bridgehead atoms. The van der Waals surface area contributed by atoms with E-state index in [2.05, 4.69) is 0 Å². The van der Waals surface area contributed by atoms with Crippen molar-refractivity contribution in [3.05, 3.63) is 84.7 Å². The summed E-state index contributed by atoms with van der Waals surface area (Å²) < 4.78 is 13.3. The highest BCUT2D eigenvalue weighted by atomic mass is 16.5. The Labute approximate surface area is 198 Å². The van der Waals surface area contributed by atoms with Gasteiger partial charge in [-0.2, -0.15) is 0 Å². The second kappa shape index (κ2) is 9.57. The Morgan fingerprint density at radius 1 is 1.03 bits per heavy atom. The van der Waals surface area contributed by atoms with E-state index in [-0.39, 0.29) is 18.4 Å². The number of hydrogen-bond donors (Lipinski definition) is 1. The number of benzene rings is 3. The number of para-hydroxylation sites is 5. The molecule has 7 heteroatoms. The third kappa shape index (κ3) is 4.34. The number of ether oxygens (including phenoxy) is 2. The van der Waals surface area contributed by atoms with Gasteiger partial charge in [0.2, 0.25) is 5.91 Å². The van der Waals surface area contributed by atoms with Gasteiger partial charge in [-0.15, -0.1) is 0 Å². The second-order valence-electron chi connectivity index (χ2n) is 8.42. The molecule has 1 saturated heterocycles. The number of methoxy groups -OCH3 is 1. The first-order valence-corrected chi connectivity index (χ1v) is 11.4. The number of anilines is 1. The van der Waals surface area contributed by atoms with E-state index < -0.39 is 6.10 Å². The van der Waals surface area contributed by atoms with Crippen LogP contribution >= 0.6 is 0 Å². The average Bonchev–Trinajstić information content (AvgIpc) is 3.43. The molecule has 1 amide bonds. The van der Waals surface area contributed by atoms with Crippen molar-refractivity contribution < 1.29 is 19.4 Å². The van der Waals surface area contributed by atoms with Crippen LogP contribution in [0.15, 0.2) is 78.9 Å². The van der Waals surface area contributed by atoms with E-state index in [4.69, 9.17) is 14.5 Å². The van der Waals surface area contributed by atoms with Crippen molar-refractivity contribution in [3.63, 3.8) is 0 Å². The number of carbonyl (C=O) groups excluding carboxylic acids is 1. The first-order chi connectivity index (χ1) is 16.6. The van der Waals surface area contributed by atoms with Gasteiger partial charge in [-0.3, -0.25) is 4.79 Å². The summed E-state index contributed by atoms with van der Waals surface area (Å²) in [5.74, 6) is 2.10. The largest absolute Gasteiger partial charge is 0.495 e. The summed E-state index contributed by atoms with van der Waals surface area (Å²) in [4.78, 5) is 19.6. The van der Waals surface area contributed by atoms with Crippen LogP contribution < -0.4 is 14.4 Å². The lowest BCUT2D eigenvalue weighted by atomic mass is 10.1. The van der Waals surface area contributed by atoms with Crippen LogP contribution in [0.4, 0.5) is 5.69 Å². The molecule has 0 radical (unpaired) electrons. The normalized spacial score (nSPS) is 16.7. The molecule has 7 nitrogen and oxygen atoms in total. The van der Waals surface area contributed by atoms with Crippen LogP contribution in [0, 0.1) is 0 Å². The molecule has 0 saturated carbocycles. The van der Waals surface area contributed by atoms with Crippen molar-refractivity contribution in [2.75, 3.05) is 25.2 Å². The zero-order chi connectivity index (χ0) is 23.5. The highest BCUT2D eigenvalue weighted by molar-refractivity contribution is 5.97. The van der Waals surface area contributed by atoms with Crippen LogP contribution in [0.5, 0.6) is 11.5 Å². The molecular formula is C27H27N3O4. The summed E-state index contributed by atoms with van der Waals surface area (Å²) in [7, 11) is 1.61. The Balaban J connectivity index is 1.40. The Bertz CT molecular complexity index is 1290. The summed E-state index contributed by atoms with van der Waals surface area (Å²) >= 11 is 0. The number of amides is 1. The van der Waals surface area contributed by atoms with Crippen LogP contribution in [0.1, 0.15) is 18.2 Å². The quantitative estimate of drug-likeness (QED) is 0.433. The molecule has 34 heavy (non-hydrogen) atoms. The Morgan fingerprint density at radius 3 is 2.59 bits per heavy atom. The van der Waals surface area contributed by atoms with E-state index in [0.29, 0.717) is 31.0 Å². The predicted molar refractivity (Wildman–Crippen MR) is 130 cm³/mol. The third-order valence-electron chi connectivity index (χ3n) is 6.13. The van der Waals surface area contributed by atoms with Crippen molar-refractivity contribution in [2.24, 2.45) is 0 Å². The van der Waals surface area contributed by atoms with Crippen LogP contribution in [-0.2, 0) is 11.3 Å². The maximum Gasteiger partial charge on any atom is 0.227 e. The van der Waals surface area contributed by atoms with Gasteiger partial charge in [0.15, 0.2) is 0 Å². The van der Waals surface area contributed by atoms with Crippen molar-refractivity contribution >= 4 is 22.6 Å². The van der Waals surface area contributed by atoms with Gasteiger partial charge in [0.05, 0.1) is 30.4 Å². The number of fused-ring (bicyclic) bond motifs is 1. The summed E-state index contributed by atoms with van der Waals surface area (Å²) in [5, 5.41) is 10.8. The fourth-order valence-electron chi connectivity index (χ4n) is 4.54. The Hall–Kier alpha value is -3.84. The van der Waals surface area contributed by atoms with Crippen molar-refractivity contribution in [1.82, 2.24) is 9.55 Å². The molecule has 2 atom stereocenters. The third-order valence-corrected chi connectivity index (χ3v) is 6.13. The number of aliphatic hydroxyl groups excluding tert-OH is 1. The Kier molecular flexibility index (Phi) is 6.18. The summed E-state index contributed by atoms with van der Waals surface area (Å²) in [5.41, 5.74) is 2.53. The molecule has 1 aliphatic heterocycles. The summed E-state index contributed by atoms with van der Waals surface area (Å²) in [6.45, 7) is 0.980. The molecule has 1 aliphatic rings. The highest BCUT2D eigenvalue weighted by Crippen LogP contribution is 2.37. The average molecular weight is 458 g/mol. The highest BCUT2D eigenvalue weighted by Gasteiger charge is 2.36. The molecule has 174 valence electrons. The minimum Gasteiger partial charge on any atom is -0.495 e. The van der Waals surface area contributed by atoms with Gasteiger partial charge in [0.1, 0.15) is 30.0 Å². The van der Waals surface area contributed by atoms with E-state index in [1.54, 1.807) is 12.0 Å². The van der Waals surface area contributed by atoms with E-state index in [9.17, 15) is 9.90 Å². The van der Waals surface area contributed by atoms with Crippen molar-refractivity contribution in [1.29, 1.82) is 0 Å². The minimum atomic E-state index is -0.737. The predicted octanol–water partition coefficient (Wildman–Crippen LogP) is 4.01. The maximum atomic E-state index is 13.0. The molecular weight excluding hydrogens is 430 g/mol. The lowest BCUT2D eigenvalue weighted by Crippen LogP contribution is -2.26. The molecule has 1 N–H and O–H groups in total. The van der Waals surface area contributed by atoms with Gasteiger partial charge in [0, 0.05) is 18.9 Å². The number of aliphatic hydroxyl groups is 1. The lowest BCUT2D eigenvalue weighted by Gasteiger charge is -2.20. The fraction of sp³-hybridized carbons (Fsp3) is 0.259. The van der Waals surface area contributed by atoms with Gasteiger partial charge >= 0.3 is 0 Å². The first kappa shape index (κ1) is 22.0.